The van der Waals surface area contributed by atoms with Gasteiger partial charge in [0.15, 0.2) is 21.4 Å². The van der Waals surface area contributed by atoms with Crippen molar-refractivity contribution in [2.75, 3.05) is 26.1 Å². The first-order valence-electron chi connectivity index (χ1n) is 11.4. The van der Waals surface area contributed by atoms with Gasteiger partial charge in [0.25, 0.3) is 0 Å². The second-order valence-corrected chi connectivity index (χ2v) is 11.7. The third kappa shape index (κ3) is 5.55. The van der Waals surface area contributed by atoms with E-state index in [9.17, 15) is 8.42 Å². The Labute approximate surface area is 196 Å². The molecular formula is C25H35N3O4S. The van der Waals surface area contributed by atoms with Crippen molar-refractivity contribution in [1.29, 1.82) is 0 Å². The Hall–Kier alpha value is -2.45. The molecule has 180 valence electrons. The van der Waals surface area contributed by atoms with Crippen molar-refractivity contribution in [2.45, 2.75) is 52.2 Å². The third-order valence-corrected chi connectivity index (χ3v) is 8.02. The summed E-state index contributed by atoms with van der Waals surface area (Å²) in [6, 6.07) is 7.83. The molecule has 1 unspecified atom stereocenters. The Balaban J connectivity index is 1.98. The van der Waals surface area contributed by atoms with E-state index in [0.29, 0.717) is 42.1 Å². The number of rotatable bonds is 11. The molecular weight excluding hydrogens is 438 g/mol. The highest BCUT2D eigenvalue weighted by atomic mass is 32.2. The van der Waals surface area contributed by atoms with Crippen LogP contribution in [-0.4, -0.2) is 49.4 Å². The fourth-order valence-electron chi connectivity index (χ4n) is 3.59. The summed E-state index contributed by atoms with van der Waals surface area (Å²) in [5, 5.41) is 0.981. The lowest BCUT2D eigenvalue weighted by molar-refractivity contribution is 0.0963. The summed E-state index contributed by atoms with van der Waals surface area (Å²) >= 11 is 0. The van der Waals surface area contributed by atoms with Gasteiger partial charge in [-0.3, -0.25) is 0 Å². The number of H-pyrrole nitrogens is 1. The van der Waals surface area contributed by atoms with Crippen molar-refractivity contribution in [3.05, 3.63) is 41.9 Å². The minimum atomic E-state index is -3.48. The van der Waals surface area contributed by atoms with Crippen LogP contribution in [0, 0.1) is 12.8 Å². The number of hydrogen-bond acceptors (Lipinski definition) is 6. The number of nitrogens with one attached hydrogen (secondary N) is 1. The number of aryl methyl sites for hydroxylation is 1. The maximum atomic E-state index is 12.7. The molecule has 1 N–H and O–H groups in total. The maximum Gasteiger partial charge on any atom is 0.163 e. The Bertz CT molecular complexity index is 1200. The lowest BCUT2D eigenvalue weighted by Gasteiger charge is -2.26. The quantitative estimate of drug-likeness (QED) is 0.392. The smallest absolute Gasteiger partial charge is 0.163 e. The largest absolute Gasteiger partial charge is 0.490 e. The molecule has 33 heavy (non-hydrogen) atoms. The molecule has 0 spiro atoms. The number of ether oxygens (including phenoxy) is 2. The Morgan fingerprint density at radius 1 is 1.15 bits per heavy atom. The number of nitrogens with zero attached hydrogens (tertiary/aromatic N) is 2. The van der Waals surface area contributed by atoms with E-state index in [1.807, 2.05) is 37.4 Å². The van der Waals surface area contributed by atoms with E-state index < -0.39 is 14.6 Å². The predicted molar refractivity (Wildman–Crippen MR) is 132 cm³/mol. The van der Waals surface area contributed by atoms with Gasteiger partial charge in [0.05, 0.1) is 12.3 Å². The average molecular weight is 474 g/mol. The fraction of sp³-hybridized carbons (Fsp3) is 0.520. The number of hydrogen-bond donors (Lipinski definition) is 1. The molecule has 3 rings (SSSR count). The predicted octanol–water partition coefficient (Wildman–Crippen LogP) is 5.04. The van der Waals surface area contributed by atoms with E-state index in [-0.39, 0.29) is 0 Å². The van der Waals surface area contributed by atoms with Gasteiger partial charge in [0.1, 0.15) is 10.4 Å². The number of aromatic nitrogens is 3. The highest BCUT2D eigenvalue weighted by molar-refractivity contribution is 7.91. The van der Waals surface area contributed by atoms with E-state index in [1.54, 1.807) is 13.8 Å². The number of sulfone groups is 1. The molecule has 0 amide bonds. The molecule has 7 nitrogen and oxygen atoms in total. The van der Waals surface area contributed by atoms with E-state index in [0.717, 1.165) is 35.9 Å². The van der Waals surface area contributed by atoms with Gasteiger partial charge in [-0.05, 0) is 51.7 Å². The van der Waals surface area contributed by atoms with E-state index in [4.69, 9.17) is 19.4 Å². The molecule has 2 aromatic heterocycles. The molecule has 0 bridgehead atoms. The van der Waals surface area contributed by atoms with Crippen molar-refractivity contribution < 1.29 is 17.9 Å². The first-order valence-corrected chi connectivity index (χ1v) is 13.3. The van der Waals surface area contributed by atoms with Crippen LogP contribution in [0.15, 0.2) is 30.5 Å². The van der Waals surface area contributed by atoms with Crippen molar-refractivity contribution in [3.8, 4) is 17.1 Å². The summed E-state index contributed by atoms with van der Waals surface area (Å²) in [5.41, 5.74) is 2.82. The number of aromatic amines is 1. The average Bonchev–Trinajstić information content (AvgIpc) is 3.23. The van der Waals surface area contributed by atoms with Crippen LogP contribution in [0.2, 0.25) is 0 Å². The zero-order chi connectivity index (χ0) is 24.2. The molecule has 0 saturated heterocycles. The van der Waals surface area contributed by atoms with Gasteiger partial charge in [0, 0.05) is 42.1 Å². The van der Waals surface area contributed by atoms with Crippen molar-refractivity contribution in [2.24, 2.45) is 5.92 Å². The summed E-state index contributed by atoms with van der Waals surface area (Å²) in [7, 11) is -3.48. The minimum Gasteiger partial charge on any atom is -0.490 e. The van der Waals surface area contributed by atoms with Crippen LogP contribution in [-0.2, 0) is 19.3 Å². The van der Waals surface area contributed by atoms with Crippen LogP contribution in [0.25, 0.3) is 22.3 Å². The zero-order valence-corrected chi connectivity index (χ0v) is 21.3. The number of benzene rings is 1. The molecule has 0 radical (unpaired) electrons. The first-order chi connectivity index (χ1) is 15.6. The Morgan fingerprint density at radius 2 is 1.91 bits per heavy atom. The standard InChI is InChI=1S/C25H35N3O4S/c1-7-14-31-16-17(2)12-15-32-22-18(3)27-24(28-23(22)25(4,5)33(6,29)30)20-9-8-10-21-19(20)11-13-26-21/h8-11,13,17,26H,7,12,14-16H2,1-6H3. The van der Waals surface area contributed by atoms with E-state index in [1.165, 1.54) is 6.26 Å². The minimum absolute atomic E-state index is 0.328. The second kappa shape index (κ2) is 10.2. The SMILES string of the molecule is CCCOCC(C)CCOc1c(C)nc(-c2cccc3[nH]ccc23)nc1C(C)(C)S(C)(=O)=O. The summed E-state index contributed by atoms with van der Waals surface area (Å²) < 4.78 is 36.0. The van der Waals surface area contributed by atoms with Crippen LogP contribution >= 0.6 is 0 Å². The Kier molecular flexibility index (Phi) is 7.80. The molecule has 3 aromatic rings. The molecule has 0 fully saturated rings. The van der Waals surface area contributed by atoms with Crippen molar-refractivity contribution in [1.82, 2.24) is 15.0 Å². The zero-order valence-electron chi connectivity index (χ0n) is 20.4. The molecule has 0 saturated carbocycles. The topological polar surface area (TPSA) is 94.2 Å². The maximum absolute atomic E-state index is 12.7. The first kappa shape index (κ1) is 25.2. The lowest BCUT2D eigenvalue weighted by atomic mass is 10.0. The monoisotopic (exact) mass is 473 g/mol. The number of fused-ring (bicyclic) bond motifs is 1. The van der Waals surface area contributed by atoms with Crippen molar-refractivity contribution in [3.63, 3.8) is 0 Å². The second-order valence-electron chi connectivity index (χ2n) is 9.15. The third-order valence-electron chi connectivity index (χ3n) is 5.98. The van der Waals surface area contributed by atoms with Crippen LogP contribution < -0.4 is 4.74 Å². The molecule has 0 aliphatic rings. The molecule has 1 aromatic carbocycles. The fourth-order valence-corrected chi connectivity index (χ4v) is 4.08. The summed E-state index contributed by atoms with van der Waals surface area (Å²) in [4.78, 5) is 12.7. The van der Waals surface area contributed by atoms with Gasteiger partial charge >= 0.3 is 0 Å². The van der Waals surface area contributed by atoms with E-state index in [2.05, 4.69) is 18.8 Å². The molecule has 1 atom stereocenters. The highest BCUT2D eigenvalue weighted by Gasteiger charge is 2.38. The van der Waals surface area contributed by atoms with Crippen LogP contribution in [0.1, 0.15) is 51.9 Å². The highest BCUT2D eigenvalue weighted by Crippen LogP contribution is 2.38. The van der Waals surface area contributed by atoms with Gasteiger partial charge in [-0.2, -0.15) is 0 Å². The van der Waals surface area contributed by atoms with Crippen LogP contribution in [0.5, 0.6) is 5.75 Å². The van der Waals surface area contributed by atoms with Gasteiger partial charge in [-0.25, -0.2) is 18.4 Å². The van der Waals surface area contributed by atoms with Crippen LogP contribution in [0.3, 0.4) is 0 Å². The van der Waals surface area contributed by atoms with Crippen molar-refractivity contribution >= 4 is 20.7 Å². The molecule has 0 aliphatic carbocycles. The summed E-state index contributed by atoms with van der Waals surface area (Å²) in [5.74, 6) is 1.25. The Morgan fingerprint density at radius 3 is 2.61 bits per heavy atom. The van der Waals surface area contributed by atoms with Gasteiger partial charge < -0.3 is 14.5 Å². The van der Waals surface area contributed by atoms with Crippen LogP contribution in [0.4, 0.5) is 0 Å². The van der Waals surface area contributed by atoms with Gasteiger partial charge in [-0.15, -0.1) is 0 Å². The van der Waals surface area contributed by atoms with Gasteiger partial charge in [0.2, 0.25) is 0 Å². The van der Waals surface area contributed by atoms with E-state index >= 15 is 0 Å². The summed E-state index contributed by atoms with van der Waals surface area (Å²) in [6.07, 6.45) is 4.87. The summed E-state index contributed by atoms with van der Waals surface area (Å²) in [6.45, 7) is 11.2. The molecule has 2 heterocycles. The lowest BCUT2D eigenvalue weighted by Crippen LogP contribution is -2.31. The van der Waals surface area contributed by atoms with Gasteiger partial charge in [-0.1, -0.05) is 26.0 Å². The molecule has 8 heteroatoms. The normalized spacial score (nSPS) is 13.4. The molecule has 0 aliphatic heterocycles.